The highest BCUT2D eigenvalue weighted by Gasteiger charge is 2.34. The molecule has 0 bridgehead atoms. The number of fused-ring (bicyclic) bond motifs is 1. The number of thioether (sulfide) groups is 1. The first-order chi connectivity index (χ1) is 12.4. The number of halogens is 1. The summed E-state index contributed by atoms with van der Waals surface area (Å²) in [6.45, 7) is 3.70. The maximum Gasteiger partial charge on any atom is 0.257 e. The molecule has 0 spiro atoms. The number of nitrogens with one attached hydrogen (secondary N) is 3. The number of nitrogens with zero attached hydrogens (tertiary/aromatic N) is 1. The third-order valence-electron chi connectivity index (χ3n) is 4.05. The molecular weight excluding hydrogens is 376 g/mol. The maximum absolute atomic E-state index is 12.8. The van der Waals surface area contributed by atoms with Crippen LogP contribution in [0.15, 0.2) is 28.2 Å². The van der Waals surface area contributed by atoms with Crippen molar-refractivity contribution < 1.29 is 9.59 Å². The van der Waals surface area contributed by atoms with E-state index in [9.17, 15) is 14.4 Å². The molecule has 9 heteroatoms. The molecule has 3 N–H and O–H groups in total. The van der Waals surface area contributed by atoms with Crippen molar-refractivity contribution >= 4 is 46.7 Å². The highest BCUT2D eigenvalue weighted by Crippen LogP contribution is 2.31. The van der Waals surface area contributed by atoms with Crippen LogP contribution in [0.5, 0.6) is 0 Å². The van der Waals surface area contributed by atoms with Gasteiger partial charge in [-0.2, -0.15) is 0 Å². The predicted octanol–water partition coefficient (Wildman–Crippen LogP) is 2.91. The molecule has 136 valence electrons. The third kappa shape index (κ3) is 3.61. The number of rotatable bonds is 4. The van der Waals surface area contributed by atoms with Gasteiger partial charge in [-0.15, -0.1) is 0 Å². The molecule has 0 radical (unpaired) electrons. The summed E-state index contributed by atoms with van der Waals surface area (Å²) in [6.07, 6.45) is -0.122. The fraction of sp³-hybridized carbons (Fsp3) is 0.294. The van der Waals surface area contributed by atoms with Crippen LogP contribution in [-0.4, -0.2) is 27.5 Å². The number of aromatic amines is 1. The fourth-order valence-electron chi connectivity index (χ4n) is 2.74. The Morgan fingerprint density at radius 1 is 1.42 bits per heavy atom. The molecule has 3 rings (SSSR count). The first-order valence-corrected chi connectivity index (χ1v) is 9.40. The second-order valence-electron chi connectivity index (χ2n) is 5.77. The maximum atomic E-state index is 12.8. The van der Waals surface area contributed by atoms with Crippen LogP contribution in [0.25, 0.3) is 0 Å². The van der Waals surface area contributed by atoms with Crippen LogP contribution in [0, 0.1) is 6.92 Å². The van der Waals surface area contributed by atoms with Gasteiger partial charge in [0.25, 0.3) is 5.56 Å². The Kier molecular flexibility index (Phi) is 5.33. The Morgan fingerprint density at radius 3 is 2.92 bits per heavy atom. The average Bonchev–Trinajstić information content (AvgIpc) is 2.58. The molecule has 7 nitrogen and oxygen atoms in total. The van der Waals surface area contributed by atoms with Gasteiger partial charge in [0.15, 0.2) is 5.16 Å². The van der Waals surface area contributed by atoms with E-state index in [0.717, 1.165) is 0 Å². The van der Waals surface area contributed by atoms with E-state index in [1.54, 1.807) is 25.1 Å². The van der Waals surface area contributed by atoms with Crippen LogP contribution in [-0.2, 0) is 9.59 Å². The van der Waals surface area contributed by atoms with Gasteiger partial charge in [-0.05, 0) is 30.4 Å². The Balaban J connectivity index is 1.96. The molecule has 2 heterocycles. The summed E-state index contributed by atoms with van der Waals surface area (Å²) < 4.78 is 0. The molecule has 1 unspecified atom stereocenters. The molecular formula is C17H17ClN4O3S. The quantitative estimate of drug-likeness (QED) is 0.548. The zero-order chi connectivity index (χ0) is 18.8. The zero-order valence-corrected chi connectivity index (χ0v) is 15.8. The predicted molar refractivity (Wildman–Crippen MR) is 102 cm³/mol. The highest BCUT2D eigenvalue weighted by atomic mass is 35.5. The summed E-state index contributed by atoms with van der Waals surface area (Å²) in [5.74, 6) is -0.869. The van der Waals surface area contributed by atoms with Gasteiger partial charge < -0.3 is 15.6 Å². The first kappa shape index (κ1) is 18.5. The van der Waals surface area contributed by atoms with Crippen molar-refractivity contribution in [1.29, 1.82) is 0 Å². The number of benzene rings is 1. The molecule has 0 fully saturated rings. The Labute approximate surface area is 158 Å². The molecule has 0 aliphatic carbocycles. The Morgan fingerprint density at radius 2 is 2.19 bits per heavy atom. The highest BCUT2D eigenvalue weighted by molar-refractivity contribution is 7.99. The van der Waals surface area contributed by atoms with E-state index < -0.39 is 17.4 Å². The van der Waals surface area contributed by atoms with E-state index in [1.807, 2.05) is 6.92 Å². The van der Waals surface area contributed by atoms with Crippen molar-refractivity contribution in [2.75, 3.05) is 16.4 Å². The lowest BCUT2D eigenvalue weighted by atomic mass is 9.92. The Bertz CT molecular complexity index is 944. The number of aromatic nitrogens is 2. The molecule has 2 amide bonds. The van der Waals surface area contributed by atoms with Crippen LogP contribution in [0.4, 0.5) is 11.5 Å². The number of amides is 2. The number of hydrogen-bond acceptors (Lipinski definition) is 5. The number of anilines is 2. The van der Waals surface area contributed by atoms with Gasteiger partial charge in [-0.3, -0.25) is 14.4 Å². The lowest BCUT2D eigenvalue weighted by Crippen LogP contribution is -2.36. The zero-order valence-electron chi connectivity index (χ0n) is 14.2. The van der Waals surface area contributed by atoms with Crippen LogP contribution in [0.3, 0.4) is 0 Å². The van der Waals surface area contributed by atoms with Crippen LogP contribution >= 0.6 is 23.4 Å². The van der Waals surface area contributed by atoms with E-state index in [0.29, 0.717) is 27.2 Å². The summed E-state index contributed by atoms with van der Waals surface area (Å²) in [7, 11) is 0. The van der Waals surface area contributed by atoms with Crippen molar-refractivity contribution in [2.45, 2.75) is 31.3 Å². The molecule has 1 aromatic heterocycles. The average molecular weight is 393 g/mol. The molecule has 26 heavy (non-hydrogen) atoms. The van der Waals surface area contributed by atoms with E-state index >= 15 is 0 Å². The molecule has 1 aliphatic rings. The van der Waals surface area contributed by atoms with Gasteiger partial charge in [-0.1, -0.05) is 36.4 Å². The fourth-order valence-corrected chi connectivity index (χ4v) is 3.51. The normalized spacial score (nSPS) is 16.0. The second-order valence-corrected chi connectivity index (χ2v) is 7.43. The van der Waals surface area contributed by atoms with Crippen molar-refractivity contribution in [1.82, 2.24) is 9.97 Å². The molecule has 0 saturated heterocycles. The van der Waals surface area contributed by atoms with Crippen molar-refractivity contribution in [2.24, 2.45) is 0 Å². The van der Waals surface area contributed by atoms with Gasteiger partial charge in [-0.25, -0.2) is 4.98 Å². The summed E-state index contributed by atoms with van der Waals surface area (Å²) in [5.41, 5.74) is 0.999. The van der Waals surface area contributed by atoms with Crippen LogP contribution in [0.1, 0.15) is 30.4 Å². The number of carbonyl (C=O) groups is 2. The van der Waals surface area contributed by atoms with E-state index in [2.05, 4.69) is 20.6 Å². The molecule has 0 saturated carbocycles. The van der Waals surface area contributed by atoms with Gasteiger partial charge >= 0.3 is 0 Å². The lowest BCUT2D eigenvalue weighted by Gasteiger charge is -2.23. The molecule has 1 atom stereocenters. The minimum atomic E-state index is -0.922. The minimum absolute atomic E-state index is 0.122. The van der Waals surface area contributed by atoms with Crippen molar-refractivity contribution in [3.05, 3.63) is 44.7 Å². The van der Waals surface area contributed by atoms with Gasteiger partial charge in [0, 0.05) is 17.1 Å². The first-order valence-electron chi connectivity index (χ1n) is 8.03. The summed E-state index contributed by atoms with van der Waals surface area (Å²) in [6, 6.07) is 5.15. The number of H-pyrrole nitrogens is 1. The third-order valence-corrected chi connectivity index (χ3v) is 5.22. The van der Waals surface area contributed by atoms with Crippen LogP contribution < -0.4 is 16.2 Å². The largest absolute Gasteiger partial charge is 0.325 e. The van der Waals surface area contributed by atoms with E-state index in [-0.39, 0.29) is 23.7 Å². The van der Waals surface area contributed by atoms with E-state index in [1.165, 1.54) is 11.8 Å². The number of carbonyl (C=O) groups excluding carboxylic acids is 2. The molecule has 1 aromatic carbocycles. The van der Waals surface area contributed by atoms with Crippen molar-refractivity contribution in [3.8, 4) is 0 Å². The monoisotopic (exact) mass is 392 g/mol. The van der Waals surface area contributed by atoms with Gasteiger partial charge in [0.1, 0.15) is 5.82 Å². The summed E-state index contributed by atoms with van der Waals surface area (Å²) >= 11 is 7.42. The topological polar surface area (TPSA) is 104 Å². The smallest absolute Gasteiger partial charge is 0.257 e. The SMILES string of the molecule is CCSc1nc2c(c(=O)[nH]1)C(C(=O)Nc1cccc(Cl)c1C)CC(=O)N2. The molecule has 1 aliphatic heterocycles. The Hall–Kier alpha value is -2.32. The second kappa shape index (κ2) is 7.51. The van der Waals surface area contributed by atoms with Crippen LogP contribution in [0.2, 0.25) is 5.02 Å². The molecule has 2 aromatic rings. The number of hydrogen-bond donors (Lipinski definition) is 3. The summed E-state index contributed by atoms with van der Waals surface area (Å²) in [5, 5.41) is 6.27. The lowest BCUT2D eigenvalue weighted by molar-refractivity contribution is -0.123. The standard InChI is InChI=1S/C17H17ClN4O3S/c1-3-26-17-21-14-13(16(25)22-17)9(7-12(23)20-14)15(24)19-11-6-4-5-10(18)8(11)2/h4-6,9H,3,7H2,1-2H3,(H,19,24)(H2,20,21,22,23,25). The summed E-state index contributed by atoms with van der Waals surface area (Å²) in [4.78, 5) is 44.2. The van der Waals surface area contributed by atoms with Crippen molar-refractivity contribution in [3.63, 3.8) is 0 Å². The van der Waals surface area contributed by atoms with Gasteiger partial charge in [0.05, 0.1) is 11.5 Å². The van der Waals surface area contributed by atoms with E-state index in [4.69, 9.17) is 11.6 Å². The van der Waals surface area contributed by atoms with Gasteiger partial charge in [0.2, 0.25) is 11.8 Å². The minimum Gasteiger partial charge on any atom is -0.325 e.